The molecule has 2 fully saturated rings. The number of hydrogen-bond donors (Lipinski definition) is 2. The van der Waals surface area contributed by atoms with Crippen LogP contribution >= 0.6 is 0 Å². The molecule has 116 valence electrons. The first-order chi connectivity index (χ1) is 9.81. The van der Waals surface area contributed by atoms with Gasteiger partial charge >= 0.3 is 6.03 Å². The van der Waals surface area contributed by atoms with Gasteiger partial charge in [-0.25, -0.2) is 4.79 Å². The molecule has 2 aliphatic heterocycles. The summed E-state index contributed by atoms with van der Waals surface area (Å²) in [7, 11) is 0. The number of nitrogens with one attached hydrogen (secondary N) is 1. The summed E-state index contributed by atoms with van der Waals surface area (Å²) in [4.78, 5) is 16.2. The molecule has 2 heterocycles. The molecule has 7 heteroatoms. The Morgan fingerprint density at radius 2 is 1.95 bits per heavy atom. The summed E-state index contributed by atoms with van der Waals surface area (Å²) in [6.07, 6.45) is 0.566. The lowest BCUT2D eigenvalue weighted by Gasteiger charge is -2.35. The van der Waals surface area contributed by atoms with Gasteiger partial charge in [-0.05, 0) is 6.42 Å². The van der Waals surface area contributed by atoms with Gasteiger partial charge in [0.25, 0.3) is 0 Å². The highest BCUT2D eigenvalue weighted by Crippen LogP contribution is 2.10. The van der Waals surface area contributed by atoms with Crippen molar-refractivity contribution in [3.8, 4) is 0 Å². The zero-order valence-corrected chi connectivity index (χ0v) is 11.9. The summed E-state index contributed by atoms with van der Waals surface area (Å²) in [5, 5.41) is 12.0. The number of ether oxygens (including phenoxy) is 2. The standard InChI is InChI=1S/C13H25N3O4/c17-7-1-12-11-20-10-6-16(12)13(18)14-2-3-15-4-8-19-9-5-15/h12,17H,1-11H2,(H,14,18)/t12-/m0/s1. The van der Waals surface area contributed by atoms with Gasteiger partial charge in [0.05, 0.1) is 32.5 Å². The van der Waals surface area contributed by atoms with Crippen LogP contribution in [0, 0.1) is 0 Å². The van der Waals surface area contributed by atoms with Gasteiger partial charge in [-0.15, -0.1) is 0 Å². The zero-order chi connectivity index (χ0) is 14.2. The third kappa shape index (κ3) is 4.59. The van der Waals surface area contributed by atoms with Gasteiger partial charge in [-0.3, -0.25) is 4.90 Å². The molecule has 0 bridgehead atoms. The van der Waals surface area contributed by atoms with Crippen molar-refractivity contribution in [3.05, 3.63) is 0 Å². The van der Waals surface area contributed by atoms with Crippen molar-refractivity contribution in [2.24, 2.45) is 0 Å². The predicted molar refractivity (Wildman–Crippen MR) is 73.7 cm³/mol. The van der Waals surface area contributed by atoms with Gasteiger partial charge in [0.1, 0.15) is 0 Å². The average Bonchev–Trinajstić information content (AvgIpc) is 2.49. The number of carbonyl (C=O) groups excluding carboxylic acids is 1. The lowest BCUT2D eigenvalue weighted by Crippen LogP contribution is -2.53. The lowest BCUT2D eigenvalue weighted by molar-refractivity contribution is 0.00391. The Balaban J connectivity index is 1.69. The molecule has 2 amide bonds. The number of aliphatic hydroxyl groups excluding tert-OH is 1. The van der Waals surface area contributed by atoms with Crippen LogP contribution in [0.4, 0.5) is 4.79 Å². The number of nitrogens with zero attached hydrogens (tertiary/aromatic N) is 2. The Morgan fingerprint density at radius 3 is 2.70 bits per heavy atom. The SMILES string of the molecule is O=C(NCCN1CCOCC1)N1CCOC[C@@H]1CCO. The minimum Gasteiger partial charge on any atom is -0.396 e. The van der Waals surface area contributed by atoms with Crippen molar-refractivity contribution in [1.82, 2.24) is 15.1 Å². The molecule has 0 spiro atoms. The Morgan fingerprint density at radius 1 is 1.20 bits per heavy atom. The number of carbonyl (C=O) groups is 1. The first kappa shape index (κ1) is 15.5. The Kier molecular flexibility index (Phi) is 6.52. The van der Waals surface area contributed by atoms with Crippen LogP contribution in [-0.2, 0) is 9.47 Å². The van der Waals surface area contributed by atoms with E-state index in [4.69, 9.17) is 14.6 Å². The zero-order valence-electron chi connectivity index (χ0n) is 11.9. The van der Waals surface area contributed by atoms with Gasteiger partial charge in [0.15, 0.2) is 0 Å². The van der Waals surface area contributed by atoms with E-state index < -0.39 is 0 Å². The fourth-order valence-electron chi connectivity index (χ4n) is 2.56. The van der Waals surface area contributed by atoms with Crippen molar-refractivity contribution < 1.29 is 19.4 Å². The second kappa shape index (κ2) is 8.41. The summed E-state index contributed by atoms with van der Waals surface area (Å²) in [6.45, 7) is 6.65. The normalized spacial score (nSPS) is 24.6. The molecule has 20 heavy (non-hydrogen) atoms. The second-order valence-corrected chi connectivity index (χ2v) is 5.12. The minimum atomic E-state index is -0.0555. The van der Waals surface area contributed by atoms with Crippen molar-refractivity contribution in [2.45, 2.75) is 12.5 Å². The third-order valence-electron chi connectivity index (χ3n) is 3.76. The number of hydrogen-bond acceptors (Lipinski definition) is 5. The third-order valence-corrected chi connectivity index (χ3v) is 3.76. The number of morpholine rings is 2. The van der Waals surface area contributed by atoms with Crippen LogP contribution in [0.1, 0.15) is 6.42 Å². The summed E-state index contributed by atoms with van der Waals surface area (Å²) in [6, 6.07) is -0.0721. The van der Waals surface area contributed by atoms with Crippen molar-refractivity contribution >= 4 is 6.03 Å². The van der Waals surface area contributed by atoms with E-state index in [-0.39, 0.29) is 18.7 Å². The molecule has 0 aliphatic carbocycles. The Bertz CT molecular complexity index is 295. The van der Waals surface area contributed by atoms with E-state index in [1.165, 1.54) is 0 Å². The first-order valence-corrected chi connectivity index (χ1v) is 7.34. The number of urea groups is 1. The van der Waals surface area contributed by atoms with E-state index in [1.807, 2.05) is 0 Å². The molecular weight excluding hydrogens is 262 g/mol. The predicted octanol–water partition coefficient (Wildman–Crippen LogP) is -0.889. The van der Waals surface area contributed by atoms with Crippen LogP contribution in [-0.4, -0.2) is 92.7 Å². The van der Waals surface area contributed by atoms with Crippen molar-refractivity contribution in [2.75, 3.05) is 65.8 Å². The van der Waals surface area contributed by atoms with Crippen LogP contribution in [0.3, 0.4) is 0 Å². The molecule has 7 nitrogen and oxygen atoms in total. The Labute approximate surface area is 119 Å². The fourth-order valence-corrected chi connectivity index (χ4v) is 2.56. The van der Waals surface area contributed by atoms with E-state index in [0.717, 1.165) is 32.8 Å². The molecule has 2 rings (SSSR count). The molecule has 2 N–H and O–H groups in total. The maximum atomic E-state index is 12.2. The van der Waals surface area contributed by atoms with Crippen LogP contribution in [0.2, 0.25) is 0 Å². The van der Waals surface area contributed by atoms with Crippen LogP contribution in [0.25, 0.3) is 0 Å². The lowest BCUT2D eigenvalue weighted by atomic mass is 10.2. The molecule has 0 radical (unpaired) electrons. The maximum Gasteiger partial charge on any atom is 0.317 e. The number of rotatable bonds is 5. The maximum absolute atomic E-state index is 12.2. The van der Waals surface area contributed by atoms with Crippen LogP contribution < -0.4 is 5.32 Å². The van der Waals surface area contributed by atoms with Gasteiger partial charge in [0.2, 0.25) is 0 Å². The van der Waals surface area contributed by atoms with E-state index in [9.17, 15) is 4.79 Å². The highest BCUT2D eigenvalue weighted by molar-refractivity contribution is 5.74. The fraction of sp³-hybridized carbons (Fsp3) is 0.923. The molecule has 2 aliphatic rings. The van der Waals surface area contributed by atoms with Gasteiger partial charge in [0, 0.05) is 39.3 Å². The molecule has 0 aromatic heterocycles. The number of aliphatic hydroxyl groups is 1. The average molecular weight is 287 g/mol. The van der Waals surface area contributed by atoms with Crippen LogP contribution in [0.5, 0.6) is 0 Å². The molecule has 0 aromatic rings. The van der Waals surface area contributed by atoms with Crippen LogP contribution in [0.15, 0.2) is 0 Å². The van der Waals surface area contributed by atoms with E-state index in [0.29, 0.717) is 32.7 Å². The quantitative estimate of drug-likeness (QED) is 0.686. The molecule has 0 unspecified atom stereocenters. The smallest absolute Gasteiger partial charge is 0.317 e. The van der Waals surface area contributed by atoms with Gasteiger partial charge in [-0.2, -0.15) is 0 Å². The molecule has 0 saturated carbocycles. The summed E-state index contributed by atoms with van der Waals surface area (Å²) < 4.78 is 10.6. The highest BCUT2D eigenvalue weighted by atomic mass is 16.5. The topological polar surface area (TPSA) is 74.3 Å². The molecule has 0 aromatic carbocycles. The highest BCUT2D eigenvalue weighted by Gasteiger charge is 2.26. The monoisotopic (exact) mass is 287 g/mol. The van der Waals surface area contributed by atoms with Crippen molar-refractivity contribution in [3.63, 3.8) is 0 Å². The Hall–Kier alpha value is -0.890. The van der Waals surface area contributed by atoms with E-state index in [1.54, 1.807) is 4.90 Å². The van der Waals surface area contributed by atoms with Gasteiger partial charge in [-0.1, -0.05) is 0 Å². The van der Waals surface area contributed by atoms with Gasteiger partial charge < -0.3 is 24.8 Å². The van der Waals surface area contributed by atoms with Crippen molar-refractivity contribution in [1.29, 1.82) is 0 Å². The number of amides is 2. The molecule has 1 atom stereocenters. The second-order valence-electron chi connectivity index (χ2n) is 5.12. The summed E-state index contributed by atoms with van der Waals surface area (Å²) in [5.41, 5.74) is 0. The minimum absolute atomic E-state index is 0.0165. The largest absolute Gasteiger partial charge is 0.396 e. The van der Waals surface area contributed by atoms with E-state index >= 15 is 0 Å². The summed E-state index contributed by atoms with van der Waals surface area (Å²) in [5.74, 6) is 0. The van der Waals surface area contributed by atoms with E-state index in [2.05, 4.69) is 10.2 Å². The summed E-state index contributed by atoms with van der Waals surface area (Å²) >= 11 is 0. The molecule has 2 saturated heterocycles. The first-order valence-electron chi connectivity index (χ1n) is 7.34. The molecular formula is C13H25N3O4.